The monoisotopic (exact) mass is 209 g/mol. The van der Waals surface area contributed by atoms with Crippen LogP contribution in [0.2, 0.25) is 0 Å². The number of halogens is 3. The Labute approximate surface area is 83.1 Å². The van der Waals surface area contributed by atoms with Crippen molar-refractivity contribution in [3.8, 4) is 0 Å². The van der Waals surface area contributed by atoms with E-state index >= 15 is 0 Å². The predicted molar refractivity (Wildman–Crippen MR) is 50.0 cm³/mol. The van der Waals surface area contributed by atoms with E-state index in [4.69, 9.17) is 0 Å². The van der Waals surface area contributed by atoms with Crippen LogP contribution in [0.5, 0.6) is 0 Å². The lowest BCUT2D eigenvalue weighted by Gasteiger charge is -2.30. The fourth-order valence-corrected chi connectivity index (χ4v) is 2.05. The quantitative estimate of drug-likeness (QED) is 0.734. The second-order valence-electron chi connectivity index (χ2n) is 4.28. The Kier molecular flexibility index (Phi) is 4.23. The van der Waals surface area contributed by atoms with E-state index in [1.807, 2.05) is 0 Å². The second kappa shape index (κ2) is 5.01. The maximum atomic E-state index is 12.2. The first-order valence-corrected chi connectivity index (χ1v) is 5.22. The largest absolute Gasteiger partial charge is 0.389 e. The van der Waals surface area contributed by atoms with Gasteiger partial charge in [0.15, 0.2) is 0 Å². The number of rotatable bonds is 5. The van der Waals surface area contributed by atoms with Gasteiger partial charge in [0, 0.05) is 6.42 Å². The van der Waals surface area contributed by atoms with Crippen molar-refractivity contribution in [3.63, 3.8) is 0 Å². The molecule has 0 aromatic rings. The van der Waals surface area contributed by atoms with Gasteiger partial charge in [-0.3, -0.25) is 0 Å². The molecule has 0 bridgehead atoms. The van der Waals surface area contributed by atoms with Crippen molar-refractivity contribution in [3.05, 3.63) is 0 Å². The molecular weight excluding hydrogens is 191 g/mol. The van der Waals surface area contributed by atoms with Crippen LogP contribution in [0.1, 0.15) is 32.1 Å². The van der Waals surface area contributed by atoms with E-state index in [2.05, 4.69) is 5.32 Å². The van der Waals surface area contributed by atoms with Gasteiger partial charge >= 0.3 is 6.18 Å². The van der Waals surface area contributed by atoms with Gasteiger partial charge in [-0.05, 0) is 31.8 Å². The standard InChI is InChI=1S/C10H18F3N/c1-14-7-9(6-10(11,12)13)5-8-3-2-4-8/h8-9,14H,2-7H2,1H3. The summed E-state index contributed by atoms with van der Waals surface area (Å²) in [4.78, 5) is 0. The third kappa shape index (κ3) is 4.31. The molecule has 0 spiro atoms. The van der Waals surface area contributed by atoms with E-state index in [0.29, 0.717) is 12.5 Å². The molecule has 1 nitrogen and oxygen atoms in total. The summed E-state index contributed by atoms with van der Waals surface area (Å²) in [5.41, 5.74) is 0. The van der Waals surface area contributed by atoms with Crippen LogP contribution in [0.3, 0.4) is 0 Å². The topological polar surface area (TPSA) is 12.0 Å². The van der Waals surface area contributed by atoms with Gasteiger partial charge in [-0.2, -0.15) is 13.2 Å². The molecule has 0 radical (unpaired) electrons. The average Bonchev–Trinajstić information content (AvgIpc) is 1.94. The van der Waals surface area contributed by atoms with E-state index in [1.165, 1.54) is 6.42 Å². The summed E-state index contributed by atoms with van der Waals surface area (Å²) in [6.07, 6.45) is -0.463. The molecule has 14 heavy (non-hydrogen) atoms. The van der Waals surface area contributed by atoms with Crippen LogP contribution in [0, 0.1) is 11.8 Å². The molecule has 0 saturated heterocycles. The van der Waals surface area contributed by atoms with Gasteiger partial charge in [-0.1, -0.05) is 19.3 Å². The van der Waals surface area contributed by atoms with Crippen molar-refractivity contribution in [1.82, 2.24) is 5.32 Å². The van der Waals surface area contributed by atoms with Gasteiger partial charge in [0.05, 0.1) is 0 Å². The molecular formula is C10H18F3N. The molecule has 1 unspecified atom stereocenters. The highest BCUT2D eigenvalue weighted by atomic mass is 19.4. The van der Waals surface area contributed by atoms with Gasteiger partial charge in [-0.15, -0.1) is 0 Å². The third-order valence-corrected chi connectivity index (χ3v) is 2.90. The zero-order valence-corrected chi connectivity index (χ0v) is 8.53. The minimum Gasteiger partial charge on any atom is -0.319 e. The number of alkyl halides is 3. The van der Waals surface area contributed by atoms with Crippen molar-refractivity contribution in [1.29, 1.82) is 0 Å². The molecule has 1 atom stereocenters. The summed E-state index contributed by atoms with van der Waals surface area (Å²) in [6.45, 7) is 0.482. The Morgan fingerprint density at radius 3 is 2.36 bits per heavy atom. The summed E-state index contributed by atoms with van der Waals surface area (Å²) >= 11 is 0. The van der Waals surface area contributed by atoms with E-state index in [1.54, 1.807) is 7.05 Å². The third-order valence-electron chi connectivity index (χ3n) is 2.90. The molecule has 0 amide bonds. The predicted octanol–water partition coefficient (Wildman–Crippen LogP) is 2.96. The maximum Gasteiger partial charge on any atom is 0.389 e. The highest BCUT2D eigenvalue weighted by Gasteiger charge is 2.33. The van der Waals surface area contributed by atoms with Gasteiger partial charge in [0.1, 0.15) is 0 Å². The van der Waals surface area contributed by atoms with Crippen molar-refractivity contribution in [2.24, 2.45) is 11.8 Å². The Bertz CT molecular complexity index is 163. The molecule has 1 saturated carbocycles. The normalized spacial score (nSPS) is 20.6. The van der Waals surface area contributed by atoms with Crippen molar-refractivity contribution in [2.45, 2.75) is 38.3 Å². The number of hydrogen-bond donors (Lipinski definition) is 1. The van der Waals surface area contributed by atoms with Gasteiger partial charge in [0.2, 0.25) is 0 Å². The first-order chi connectivity index (χ1) is 6.51. The highest BCUT2D eigenvalue weighted by Crippen LogP contribution is 2.35. The summed E-state index contributed by atoms with van der Waals surface area (Å²) in [5, 5.41) is 2.84. The zero-order chi connectivity index (χ0) is 10.6. The fraction of sp³-hybridized carbons (Fsp3) is 1.00. The van der Waals surface area contributed by atoms with Gasteiger partial charge in [-0.25, -0.2) is 0 Å². The minimum atomic E-state index is -4.01. The molecule has 84 valence electrons. The summed E-state index contributed by atoms with van der Waals surface area (Å²) in [7, 11) is 1.71. The van der Waals surface area contributed by atoms with E-state index < -0.39 is 12.6 Å². The Morgan fingerprint density at radius 1 is 1.36 bits per heavy atom. The first kappa shape index (κ1) is 11.8. The maximum absolute atomic E-state index is 12.2. The molecule has 1 aliphatic carbocycles. The molecule has 1 fully saturated rings. The molecule has 0 aromatic carbocycles. The smallest absolute Gasteiger partial charge is 0.319 e. The van der Waals surface area contributed by atoms with Crippen LogP contribution >= 0.6 is 0 Å². The van der Waals surface area contributed by atoms with Crippen molar-refractivity contribution >= 4 is 0 Å². The van der Waals surface area contributed by atoms with Crippen LogP contribution in [0.4, 0.5) is 13.2 Å². The van der Waals surface area contributed by atoms with Gasteiger partial charge in [0.25, 0.3) is 0 Å². The first-order valence-electron chi connectivity index (χ1n) is 5.22. The SMILES string of the molecule is CNCC(CC1CCC1)CC(F)(F)F. The van der Waals surface area contributed by atoms with Crippen LogP contribution < -0.4 is 5.32 Å². The van der Waals surface area contributed by atoms with Crippen molar-refractivity contribution < 1.29 is 13.2 Å². The second-order valence-corrected chi connectivity index (χ2v) is 4.28. The fourth-order valence-electron chi connectivity index (χ4n) is 2.05. The Balaban J connectivity index is 2.29. The molecule has 1 N–H and O–H groups in total. The van der Waals surface area contributed by atoms with Crippen LogP contribution in [-0.4, -0.2) is 19.8 Å². The summed E-state index contributed by atoms with van der Waals surface area (Å²) < 4.78 is 36.5. The molecule has 1 aliphatic rings. The van der Waals surface area contributed by atoms with Crippen LogP contribution in [-0.2, 0) is 0 Å². The average molecular weight is 209 g/mol. The minimum absolute atomic E-state index is 0.231. The number of nitrogens with one attached hydrogen (secondary N) is 1. The molecule has 0 aromatic heterocycles. The molecule has 0 aliphatic heterocycles. The summed E-state index contributed by atoms with van der Waals surface area (Å²) in [6, 6.07) is 0. The number of hydrogen-bond acceptors (Lipinski definition) is 1. The molecule has 1 rings (SSSR count). The zero-order valence-electron chi connectivity index (χ0n) is 8.53. The van der Waals surface area contributed by atoms with Crippen molar-refractivity contribution in [2.75, 3.05) is 13.6 Å². The lowest BCUT2D eigenvalue weighted by atomic mass is 9.78. The Morgan fingerprint density at radius 2 is 2.00 bits per heavy atom. The van der Waals surface area contributed by atoms with Crippen LogP contribution in [0.15, 0.2) is 0 Å². The van der Waals surface area contributed by atoms with E-state index in [9.17, 15) is 13.2 Å². The Hall–Kier alpha value is -0.250. The summed E-state index contributed by atoms with van der Waals surface area (Å²) in [5.74, 6) is 0.320. The lowest BCUT2D eigenvalue weighted by molar-refractivity contribution is -0.145. The molecule has 4 heteroatoms. The van der Waals surface area contributed by atoms with E-state index in [-0.39, 0.29) is 5.92 Å². The molecule has 0 heterocycles. The van der Waals surface area contributed by atoms with E-state index in [0.717, 1.165) is 19.3 Å². The van der Waals surface area contributed by atoms with Gasteiger partial charge < -0.3 is 5.32 Å². The highest BCUT2D eigenvalue weighted by molar-refractivity contribution is 4.76. The lowest BCUT2D eigenvalue weighted by Crippen LogP contribution is -2.28. The van der Waals surface area contributed by atoms with Crippen LogP contribution in [0.25, 0.3) is 0 Å².